The van der Waals surface area contributed by atoms with Crippen molar-refractivity contribution in [1.82, 2.24) is 4.98 Å². The Morgan fingerprint density at radius 2 is 2.31 bits per heavy atom. The van der Waals surface area contributed by atoms with Gasteiger partial charge in [-0.3, -0.25) is 0 Å². The Balaban J connectivity index is 2.73. The van der Waals surface area contributed by atoms with E-state index in [1.165, 1.54) is 0 Å². The molecular weight excluding hydrogens is 230 g/mol. The van der Waals surface area contributed by atoms with Crippen LogP contribution in [-0.4, -0.2) is 15.4 Å². The summed E-state index contributed by atoms with van der Waals surface area (Å²) >= 11 is 3.29. The second-order valence-corrected chi connectivity index (χ2v) is 3.21. The van der Waals surface area contributed by atoms with Crippen LogP contribution in [0.25, 0.3) is 0 Å². The third-order valence-corrected chi connectivity index (χ3v) is 1.80. The first-order chi connectivity index (χ1) is 6.36. The number of alkyl halides is 1. The zero-order valence-electron chi connectivity index (χ0n) is 7.13. The van der Waals surface area contributed by atoms with Crippen molar-refractivity contribution in [2.24, 2.45) is 0 Å². The van der Waals surface area contributed by atoms with Crippen LogP contribution in [0.2, 0.25) is 0 Å². The number of rotatable bonds is 2. The minimum atomic E-state index is -0.0338. The van der Waals surface area contributed by atoms with Crippen molar-refractivity contribution < 1.29 is 5.11 Å². The molecule has 0 fully saturated rings. The Morgan fingerprint density at radius 1 is 1.46 bits per heavy atom. The summed E-state index contributed by atoms with van der Waals surface area (Å²) in [7, 11) is 0. The molecule has 0 saturated heterocycles. The van der Waals surface area contributed by atoms with Gasteiger partial charge in [0.2, 0.25) is 0 Å². The van der Waals surface area contributed by atoms with Crippen LogP contribution in [0.15, 0.2) is 18.2 Å². The van der Waals surface area contributed by atoms with Crippen molar-refractivity contribution in [2.75, 3.05) is 5.33 Å². The molecule has 0 atom stereocenters. The quantitative estimate of drug-likeness (QED) is 0.630. The number of hydrogen-bond donors (Lipinski definition) is 1. The van der Waals surface area contributed by atoms with E-state index in [-0.39, 0.29) is 6.61 Å². The molecule has 3 heteroatoms. The van der Waals surface area contributed by atoms with Crippen LogP contribution in [0, 0.1) is 11.8 Å². The summed E-state index contributed by atoms with van der Waals surface area (Å²) < 4.78 is 0. The molecule has 1 rings (SSSR count). The van der Waals surface area contributed by atoms with Crippen LogP contribution < -0.4 is 0 Å². The molecule has 0 aromatic carbocycles. The lowest BCUT2D eigenvalue weighted by molar-refractivity contribution is 0.277. The molecule has 1 heterocycles. The first kappa shape index (κ1) is 10.2. The van der Waals surface area contributed by atoms with Gasteiger partial charge < -0.3 is 5.11 Å². The first-order valence-corrected chi connectivity index (χ1v) is 5.10. The normalized spacial score (nSPS) is 9.08. The van der Waals surface area contributed by atoms with Gasteiger partial charge in [0, 0.05) is 11.8 Å². The second kappa shape index (κ2) is 5.74. The molecule has 0 unspecified atom stereocenters. The van der Waals surface area contributed by atoms with E-state index in [2.05, 4.69) is 32.8 Å². The lowest BCUT2D eigenvalue weighted by Gasteiger charge is -1.94. The molecule has 13 heavy (non-hydrogen) atoms. The fraction of sp³-hybridized carbons (Fsp3) is 0.300. The Kier molecular flexibility index (Phi) is 4.52. The molecule has 2 nitrogen and oxygen atoms in total. The third-order valence-electron chi connectivity index (χ3n) is 1.40. The molecule has 0 saturated carbocycles. The van der Waals surface area contributed by atoms with Gasteiger partial charge in [0.05, 0.1) is 12.3 Å². The van der Waals surface area contributed by atoms with E-state index in [1.54, 1.807) is 6.07 Å². The van der Waals surface area contributed by atoms with Crippen molar-refractivity contribution in [2.45, 2.75) is 13.0 Å². The SMILES string of the molecule is OCc1cccc(C#CCCBr)n1. The predicted octanol–water partition coefficient (Wildman–Crippen LogP) is 1.71. The molecule has 0 amide bonds. The van der Waals surface area contributed by atoms with Crippen LogP contribution >= 0.6 is 15.9 Å². The van der Waals surface area contributed by atoms with Crippen molar-refractivity contribution in [3.63, 3.8) is 0 Å². The highest BCUT2D eigenvalue weighted by molar-refractivity contribution is 9.09. The van der Waals surface area contributed by atoms with Crippen molar-refractivity contribution in [3.8, 4) is 11.8 Å². The van der Waals surface area contributed by atoms with Crippen LogP contribution in [0.4, 0.5) is 0 Å². The topological polar surface area (TPSA) is 33.1 Å². The van der Waals surface area contributed by atoms with Gasteiger partial charge in [0.1, 0.15) is 5.69 Å². The summed E-state index contributed by atoms with van der Waals surface area (Å²) in [5.41, 5.74) is 1.37. The average molecular weight is 240 g/mol. The highest BCUT2D eigenvalue weighted by Crippen LogP contribution is 1.97. The molecule has 0 radical (unpaired) electrons. The van der Waals surface area contributed by atoms with E-state index in [9.17, 15) is 0 Å². The van der Waals surface area contributed by atoms with Crippen LogP contribution in [0.5, 0.6) is 0 Å². The first-order valence-electron chi connectivity index (χ1n) is 3.98. The maximum Gasteiger partial charge on any atom is 0.113 e. The smallest absolute Gasteiger partial charge is 0.113 e. The third kappa shape index (κ3) is 3.58. The van der Waals surface area contributed by atoms with Gasteiger partial charge in [0.15, 0.2) is 0 Å². The Morgan fingerprint density at radius 3 is 3.00 bits per heavy atom. The molecule has 1 aromatic heterocycles. The minimum Gasteiger partial charge on any atom is -0.390 e. The second-order valence-electron chi connectivity index (χ2n) is 2.41. The molecule has 0 aliphatic heterocycles. The van der Waals surface area contributed by atoms with E-state index >= 15 is 0 Å². The van der Waals surface area contributed by atoms with Gasteiger partial charge >= 0.3 is 0 Å². The monoisotopic (exact) mass is 239 g/mol. The molecule has 1 N–H and O–H groups in total. The van der Waals surface area contributed by atoms with E-state index in [1.807, 2.05) is 12.1 Å². The Bertz CT molecular complexity index is 327. The minimum absolute atomic E-state index is 0.0338. The summed E-state index contributed by atoms with van der Waals surface area (Å²) in [6.45, 7) is -0.0338. The van der Waals surface area contributed by atoms with Gasteiger partial charge in [0.25, 0.3) is 0 Å². The molecule has 0 bridgehead atoms. The fourth-order valence-corrected chi connectivity index (χ4v) is 1.04. The number of hydrogen-bond acceptors (Lipinski definition) is 2. The molecular formula is C10H10BrNO. The molecule has 68 valence electrons. The number of halogens is 1. The van der Waals surface area contributed by atoms with Gasteiger partial charge in [-0.2, -0.15) is 0 Å². The fourth-order valence-electron chi connectivity index (χ4n) is 0.838. The molecule has 0 aliphatic rings. The maximum absolute atomic E-state index is 8.82. The zero-order chi connectivity index (χ0) is 9.52. The molecule has 0 aliphatic carbocycles. The summed E-state index contributed by atoms with van der Waals surface area (Å²) in [6.07, 6.45) is 0.811. The van der Waals surface area contributed by atoms with Gasteiger partial charge in [-0.1, -0.05) is 27.9 Å². The standard InChI is InChI=1S/C10H10BrNO/c11-7-2-1-4-9-5-3-6-10(8-13)12-9/h3,5-6,13H,2,7-8H2. The summed E-state index contributed by atoms with van der Waals surface area (Å²) in [5.74, 6) is 5.88. The number of aromatic nitrogens is 1. The maximum atomic E-state index is 8.82. The number of pyridine rings is 1. The lowest BCUT2D eigenvalue weighted by atomic mass is 10.3. The van der Waals surface area contributed by atoms with Crippen LogP contribution in [-0.2, 0) is 6.61 Å². The van der Waals surface area contributed by atoms with Gasteiger partial charge in [-0.05, 0) is 18.1 Å². The lowest BCUT2D eigenvalue weighted by Crippen LogP contribution is -1.90. The summed E-state index contributed by atoms with van der Waals surface area (Å²) in [6, 6.07) is 5.45. The van der Waals surface area contributed by atoms with E-state index in [0.717, 1.165) is 11.8 Å². The predicted molar refractivity (Wildman–Crippen MR) is 55.4 cm³/mol. The van der Waals surface area contributed by atoms with E-state index in [4.69, 9.17) is 5.11 Å². The van der Waals surface area contributed by atoms with Crippen molar-refractivity contribution >= 4 is 15.9 Å². The van der Waals surface area contributed by atoms with E-state index in [0.29, 0.717) is 11.4 Å². The largest absolute Gasteiger partial charge is 0.390 e. The summed E-state index contributed by atoms with van der Waals surface area (Å²) in [4.78, 5) is 4.12. The molecule has 0 spiro atoms. The van der Waals surface area contributed by atoms with Crippen molar-refractivity contribution in [1.29, 1.82) is 0 Å². The van der Waals surface area contributed by atoms with E-state index < -0.39 is 0 Å². The van der Waals surface area contributed by atoms with Crippen molar-refractivity contribution in [3.05, 3.63) is 29.6 Å². The average Bonchev–Trinajstić information content (AvgIpc) is 2.19. The zero-order valence-corrected chi connectivity index (χ0v) is 8.71. The molecule has 1 aromatic rings. The highest BCUT2D eigenvalue weighted by Gasteiger charge is 1.91. The van der Waals surface area contributed by atoms with Gasteiger partial charge in [-0.25, -0.2) is 4.98 Å². The van der Waals surface area contributed by atoms with Crippen LogP contribution in [0.1, 0.15) is 17.8 Å². The van der Waals surface area contributed by atoms with Crippen LogP contribution in [0.3, 0.4) is 0 Å². The number of nitrogens with zero attached hydrogens (tertiary/aromatic N) is 1. The highest BCUT2D eigenvalue weighted by atomic mass is 79.9. The Labute approximate surface area is 86.1 Å². The Hall–Kier alpha value is -0.850. The number of aliphatic hydroxyl groups is 1. The summed E-state index contributed by atoms with van der Waals surface area (Å²) in [5, 5.41) is 9.69. The number of aliphatic hydroxyl groups excluding tert-OH is 1. The van der Waals surface area contributed by atoms with Gasteiger partial charge in [-0.15, -0.1) is 0 Å².